The Balaban J connectivity index is 1.45. The van der Waals surface area contributed by atoms with Crippen LogP contribution in [0.25, 0.3) is 0 Å². The predicted molar refractivity (Wildman–Crippen MR) is 141 cm³/mol. The van der Waals surface area contributed by atoms with Crippen LogP contribution < -0.4 is 10.2 Å². The number of ether oxygens (including phenoxy) is 1. The smallest absolute Gasteiger partial charge is 0.340 e. The first-order valence-electron chi connectivity index (χ1n) is 11.1. The molecule has 0 bridgehead atoms. The van der Waals surface area contributed by atoms with E-state index in [2.05, 4.69) is 65.4 Å². The van der Waals surface area contributed by atoms with Crippen LogP contribution in [0.2, 0.25) is 0 Å². The normalized spacial score (nSPS) is 15.9. The van der Waals surface area contributed by atoms with Crippen LogP contribution in [0.5, 0.6) is 0 Å². The monoisotopic (exact) mass is 479 g/mol. The number of thiophene rings is 1. The Labute approximate surface area is 205 Å². The molecule has 1 aromatic heterocycles. The molecule has 1 saturated heterocycles. The number of anilines is 2. The average molecular weight is 480 g/mol. The highest BCUT2D eigenvalue weighted by atomic mass is 32.1. The van der Waals surface area contributed by atoms with Crippen molar-refractivity contribution in [3.8, 4) is 0 Å². The molecule has 2 heterocycles. The van der Waals surface area contributed by atoms with E-state index in [1.165, 1.54) is 23.9 Å². The number of thiocarbonyl (C=S) groups is 1. The van der Waals surface area contributed by atoms with Gasteiger partial charge in [-0.25, -0.2) is 4.79 Å². The number of nitrogens with one attached hydrogen (secondary N) is 1. The van der Waals surface area contributed by atoms with Crippen LogP contribution in [0.4, 0.5) is 10.7 Å². The zero-order valence-electron chi connectivity index (χ0n) is 19.2. The van der Waals surface area contributed by atoms with Gasteiger partial charge in [-0.1, -0.05) is 48.0 Å². The molecule has 1 aliphatic heterocycles. The molecule has 0 aliphatic carbocycles. The fourth-order valence-corrected chi connectivity index (χ4v) is 5.53. The molecule has 2 aromatic carbocycles. The van der Waals surface area contributed by atoms with Crippen molar-refractivity contribution >= 4 is 45.3 Å². The van der Waals surface area contributed by atoms with Crippen LogP contribution in [-0.4, -0.2) is 48.8 Å². The summed E-state index contributed by atoms with van der Waals surface area (Å²) in [5.74, 6) is -0.353. The number of hydrogen-bond acceptors (Lipinski definition) is 5. The van der Waals surface area contributed by atoms with Crippen LogP contribution >= 0.6 is 23.6 Å². The van der Waals surface area contributed by atoms with Crippen LogP contribution in [-0.2, 0) is 11.2 Å². The van der Waals surface area contributed by atoms with Crippen molar-refractivity contribution in [1.29, 1.82) is 0 Å². The molecule has 172 valence electrons. The maximum Gasteiger partial charge on any atom is 0.340 e. The van der Waals surface area contributed by atoms with Crippen molar-refractivity contribution in [3.63, 3.8) is 0 Å². The van der Waals surface area contributed by atoms with Gasteiger partial charge in [0.2, 0.25) is 0 Å². The molecule has 0 radical (unpaired) electrons. The summed E-state index contributed by atoms with van der Waals surface area (Å²) in [7, 11) is 1.41. The Morgan fingerprint density at radius 1 is 1.15 bits per heavy atom. The number of piperazine rings is 1. The molecule has 3 aromatic rings. The fourth-order valence-electron chi connectivity index (χ4n) is 4.12. The van der Waals surface area contributed by atoms with Crippen molar-refractivity contribution in [3.05, 3.63) is 82.2 Å². The van der Waals surface area contributed by atoms with E-state index >= 15 is 0 Å². The minimum Gasteiger partial charge on any atom is -0.465 e. The average Bonchev–Trinajstić information content (AvgIpc) is 3.21. The quantitative estimate of drug-likeness (QED) is 0.394. The SMILES string of the molecule is COC(=O)c1cc(Cc2ccccc2)sc1NC(=S)N1CCN(c2ccc(C)cc2)C(C)C1. The lowest BCUT2D eigenvalue weighted by Crippen LogP contribution is -2.54. The lowest BCUT2D eigenvalue weighted by atomic mass is 10.1. The number of carbonyl (C=O) groups is 1. The summed E-state index contributed by atoms with van der Waals surface area (Å²) >= 11 is 7.31. The van der Waals surface area contributed by atoms with E-state index in [9.17, 15) is 4.79 Å². The highest BCUT2D eigenvalue weighted by Crippen LogP contribution is 2.31. The molecule has 33 heavy (non-hydrogen) atoms. The number of esters is 1. The van der Waals surface area contributed by atoms with E-state index in [1.54, 1.807) is 11.3 Å². The Morgan fingerprint density at radius 2 is 1.88 bits per heavy atom. The van der Waals surface area contributed by atoms with Gasteiger partial charge in [-0.3, -0.25) is 0 Å². The number of benzene rings is 2. The van der Waals surface area contributed by atoms with Gasteiger partial charge in [0, 0.05) is 42.7 Å². The van der Waals surface area contributed by atoms with Crippen LogP contribution in [0, 0.1) is 6.92 Å². The molecule has 0 spiro atoms. The van der Waals surface area contributed by atoms with Gasteiger partial charge in [-0.15, -0.1) is 11.3 Å². The molecular weight excluding hydrogens is 450 g/mol. The van der Waals surface area contributed by atoms with Crippen molar-refractivity contribution in [1.82, 2.24) is 4.90 Å². The standard InChI is InChI=1S/C26H29N3O2S2/c1-18-9-11-21(12-10-18)29-14-13-28(17-19(29)2)26(32)27-24-23(25(30)31-3)16-22(33-24)15-20-7-5-4-6-8-20/h4-12,16,19H,13-15,17H2,1-3H3,(H,27,32). The van der Waals surface area contributed by atoms with Gasteiger partial charge in [0.1, 0.15) is 5.00 Å². The molecule has 1 unspecified atom stereocenters. The van der Waals surface area contributed by atoms with Gasteiger partial charge in [-0.2, -0.15) is 0 Å². The van der Waals surface area contributed by atoms with Crippen molar-refractivity contribution in [2.24, 2.45) is 0 Å². The van der Waals surface area contributed by atoms with Crippen molar-refractivity contribution in [2.45, 2.75) is 26.3 Å². The maximum absolute atomic E-state index is 12.4. The van der Waals surface area contributed by atoms with E-state index in [0.29, 0.717) is 16.7 Å². The largest absolute Gasteiger partial charge is 0.465 e. The van der Waals surface area contributed by atoms with Gasteiger partial charge in [0.15, 0.2) is 5.11 Å². The summed E-state index contributed by atoms with van der Waals surface area (Å²) in [4.78, 5) is 18.1. The van der Waals surface area contributed by atoms with Gasteiger partial charge in [0.05, 0.1) is 12.7 Å². The third-order valence-corrected chi connectivity index (χ3v) is 7.32. The first-order chi connectivity index (χ1) is 15.9. The molecule has 0 saturated carbocycles. The zero-order valence-corrected chi connectivity index (χ0v) is 20.8. The summed E-state index contributed by atoms with van der Waals surface area (Å²) in [6.07, 6.45) is 0.760. The second-order valence-electron chi connectivity index (χ2n) is 8.36. The Morgan fingerprint density at radius 3 is 2.55 bits per heavy atom. The van der Waals surface area contributed by atoms with E-state index in [1.807, 2.05) is 24.3 Å². The fraction of sp³-hybridized carbons (Fsp3) is 0.308. The molecule has 1 aliphatic rings. The van der Waals surface area contributed by atoms with E-state index < -0.39 is 0 Å². The highest BCUT2D eigenvalue weighted by molar-refractivity contribution is 7.80. The van der Waals surface area contributed by atoms with Gasteiger partial charge in [0.25, 0.3) is 0 Å². The Kier molecular flexibility index (Phi) is 7.30. The molecule has 1 fully saturated rings. The maximum atomic E-state index is 12.4. The van der Waals surface area contributed by atoms with E-state index in [4.69, 9.17) is 17.0 Å². The third kappa shape index (κ3) is 5.54. The summed E-state index contributed by atoms with van der Waals surface area (Å²) in [5.41, 5.74) is 4.23. The first-order valence-corrected chi connectivity index (χ1v) is 12.3. The number of carbonyl (C=O) groups excluding carboxylic acids is 1. The third-order valence-electron chi connectivity index (χ3n) is 5.91. The van der Waals surface area contributed by atoms with Gasteiger partial charge in [-0.05, 0) is 49.8 Å². The number of hydrogen-bond donors (Lipinski definition) is 1. The zero-order chi connectivity index (χ0) is 23.4. The van der Waals surface area contributed by atoms with Crippen LogP contribution in [0.3, 0.4) is 0 Å². The second-order valence-corrected chi connectivity index (χ2v) is 9.89. The number of rotatable bonds is 5. The predicted octanol–water partition coefficient (Wildman–Crippen LogP) is 5.34. The van der Waals surface area contributed by atoms with Crippen LogP contribution in [0.1, 0.15) is 33.3 Å². The Bertz CT molecular complexity index is 1110. The molecular formula is C26H29N3O2S2. The molecule has 1 N–H and O–H groups in total. The first kappa shape index (κ1) is 23.3. The molecule has 1 atom stereocenters. The lowest BCUT2D eigenvalue weighted by Gasteiger charge is -2.42. The van der Waals surface area contributed by atoms with Crippen molar-refractivity contribution < 1.29 is 9.53 Å². The summed E-state index contributed by atoms with van der Waals surface area (Å²) in [6.45, 7) is 6.85. The number of aryl methyl sites for hydroxylation is 1. The summed E-state index contributed by atoms with van der Waals surface area (Å²) < 4.78 is 5.02. The second kappa shape index (κ2) is 10.4. The molecule has 5 nitrogen and oxygen atoms in total. The number of nitrogens with zero attached hydrogens (tertiary/aromatic N) is 2. The lowest BCUT2D eigenvalue weighted by molar-refractivity contribution is 0.0602. The Hall–Kier alpha value is -2.90. The number of methoxy groups -OCH3 is 1. The summed E-state index contributed by atoms with van der Waals surface area (Å²) in [6, 6.07) is 21.1. The van der Waals surface area contributed by atoms with Crippen LogP contribution in [0.15, 0.2) is 60.7 Å². The molecule has 4 rings (SSSR count). The molecule has 7 heteroatoms. The van der Waals surface area contributed by atoms with E-state index in [0.717, 1.165) is 35.9 Å². The summed E-state index contributed by atoms with van der Waals surface area (Å²) in [5, 5.41) is 4.73. The van der Waals surface area contributed by atoms with E-state index in [-0.39, 0.29) is 5.97 Å². The molecule has 0 amide bonds. The topological polar surface area (TPSA) is 44.8 Å². The van der Waals surface area contributed by atoms with Gasteiger partial charge < -0.3 is 19.9 Å². The van der Waals surface area contributed by atoms with Crippen molar-refractivity contribution in [2.75, 3.05) is 37.0 Å². The minimum atomic E-state index is -0.353. The van der Waals surface area contributed by atoms with Gasteiger partial charge >= 0.3 is 5.97 Å². The highest BCUT2D eigenvalue weighted by Gasteiger charge is 2.26. The minimum absolute atomic E-state index is 0.318.